The summed E-state index contributed by atoms with van der Waals surface area (Å²) in [6.07, 6.45) is 0. The van der Waals surface area contributed by atoms with Gasteiger partial charge in [-0.25, -0.2) is 0 Å². The molecule has 0 aliphatic heterocycles. The fraction of sp³-hybridized carbons (Fsp3) is 0.385. The van der Waals surface area contributed by atoms with Crippen LogP contribution in [0.5, 0.6) is 0 Å². The summed E-state index contributed by atoms with van der Waals surface area (Å²) in [6, 6.07) is 6.25. The summed E-state index contributed by atoms with van der Waals surface area (Å²) in [5, 5.41) is 14.6. The molecule has 1 amide bonds. The predicted octanol–water partition coefficient (Wildman–Crippen LogP) is 1.58. The molecule has 0 bridgehead atoms. The van der Waals surface area contributed by atoms with Gasteiger partial charge in [0.2, 0.25) is 5.91 Å². The van der Waals surface area contributed by atoms with Gasteiger partial charge in [0.05, 0.1) is 12.6 Å². The Morgan fingerprint density at radius 3 is 2.53 bits per heavy atom. The number of nitrogens with one attached hydrogen (secondary N) is 2. The summed E-state index contributed by atoms with van der Waals surface area (Å²) in [5.41, 5.74) is 0.823. The van der Waals surface area contributed by atoms with Gasteiger partial charge in [0, 0.05) is 5.02 Å². The Bertz CT molecular complexity index is 465. The zero-order valence-electron chi connectivity index (χ0n) is 10.8. The van der Waals surface area contributed by atoms with Gasteiger partial charge in [-0.3, -0.25) is 14.9 Å². The van der Waals surface area contributed by atoms with Gasteiger partial charge in [-0.2, -0.15) is 0 Å². The first kappa shape index (κ1) is 15.5. The summed E-state index contributed by atoms with van der Waals surface area (Å²) < 4.78 is 0. The van der Waals surface area contributed by atoms with Crippen molar-refractivity contribution in [3.8, 4) is 0 Å². The fourth-order valence-electron chi connectivity index (χ4n) is 1.53. The molecule has 0 aromatic heterocycles. The fourth-order valence-corrected chi connectivity index (χ4v) is 1.83. The summed E-state index contributed by atoms with van der Waals surface area (Å²) in [4.78, 5) is 22.2. The Hall–Kier alpha value is -1.59. The normalized spacial score (nSPS) is 13.6. The number of hydrogen-bond donors (Lipinski definition) is 3. The van der Waals surface area contributed by atoms with Crippen molar-refractivity contribution < 1.29 is 14.7 Å². The first-order chi connectivity index (χ1) is 8.91. The molecule has 0 radical (unpaired) electrons. The average Bonchev–Trinajstić information content (AvgIpc) is 2.36. The van der Waals surface area contributed by atoms with E-state index in [-0.39, 0.29) is 18.5 Å². The minimum Gasteiger partial charge on any atom is -0.480 e. The van der Waals surface area contributed by atoms with Crippen LogP contribution in [0.25, 0.3) is 0 Å². The largest absolute Gasteiger partial charge is 0.480 e. The van der Waals surface area contributed by atoms with Gasteiger partial charge in [0.1, 0.15) is 6.04 Å². The van der Waals surface area contributed by atoms with Crippen molar-refractivity contribution in [3.63, 3.8) is 0 Å². The number of amides is 1. The van der Waals surface area contributed by atoms with Crippen molar-refractivity contribution in [1.82, 2.24) is 10.6 Å². The topological polar surface area (TPSA) is 78.4 Å². The second kappa shape index (κ2) is 7.11. The Kier molecular flexibility index (Phi) is 5.79. The third-order valence-corrected chi connectivity index (χ3v) is 3.03. The van der Waals surface area contributed by atoms with E-state index in [1.54, 1.807) is 6.07 Å². The molecule has 0 saturated carbocycles. The van der Waals surface area contributed by atoms with Crippen molar-refractivity contribution in [2.45, 2.75) is 25.9 Å². The van der Waals surface area contributed by atoms with Gasteiger partial charge in [-0.15, -0.1) is 0 Å². The van der Waals surface area contributed by atoms with Crippen LogP contribution in [0.15, 0.2) is 24.3 Å². The molecular formula is C13H17ClN2O3. The lowest BCUT2D eigenvalue weighted by Crippen LogP contribution is -2.42. The van der Waals surface area contributed by atoms with Crippen LogP contribution in [0.1, 0.15) is 25.5 Å². The summed E-state index contributed by atoms with van der Waals surface area (Å²) in [6.45, 7) is 3.25. The second-order valence-electron chi connectivity index (χ2n) is 4.25. The molecule has 19 heavy (non-hydrogen) atoms. The Morgan fingerprint density at radius 1 is 1.32 bits per heavy atom. The van der Waals surface area contributed by atoms with Gasteiger partial charge in [0.15, 0.2) is 0 Å². The number of carbonyl (C=O) groups excluding carboxylic acids is 1. The van der Waals surface area contributed by atoms with E-state index in [1.807, 2.05) is 25.1 Å². The first-order valence-corrected chi connectivity index (χ1v) is 6.29. The van der Waals surface area contributed by atoms with Crippen LogP contribution in [-0.2, 0) is 9.59 Å². The summed E-state index contributed by atoms with van der Waals surface area (Å²) in [5.74, 6) is -1.27. The number of carboxylic acid groups (broad SMARTS) is 1. The number of carbonyl (C=O) groups is 2. The molecule has 1 rings (SSSR count). The van der Waals surface area contributed by atoms with Crippen molar-refractivity contribution >= 4 is 23.5 Å². The van der Waals surface area contributed by atoms with Crippen molar-refractivity contribution in [1.29, 1.82) is 0 Å². The van der Waals surface area contributed by atoms with Gasteiger partial charge in [-0.05, 0) is 25.5 Å². The zero-order valence-corrected chi connectivity index (χ0v) is 11.6. The van der Waals surface area contributed by atoms with E-state index in [0.717, 1.165) is 5.56 Å². The van der Waals surface area contributed by atoms with E-state index in [0.29, 0.717) is 5.02 Å². The Morgan fingerprint density at radius 2 is 1.95 bits per heavy atom. The molecule has 2 atom stereocenters. The number of aliphatic carboxylic acids is 1. The van der Waals surface area contributed by atoms with Crippen LogP contribution in [0.3, 0.4) is 0 Å². The van der Waals surface area contributed by atoms with E-state index in [4.69, 9.17) is 16.7 Å². The van der Waals surface area contributed by atoms with Gasteiger partial charge in [-0.1, -0.05) is 29.8 Å². The van der Waals surface area contributed by atoms with Crippen LogP contribution >= 0.6 is 11.6 Å². The van der Waals surface area contributed by atoms with E-state index in [9.17, 15) is 9.59 Å². The van der Waals surface area contributed by atoms with Crippen LogP contribution in [0.4, 0.5) is 0 Å². The highest BCUT2D eigenvalue weighted by Gasteiger charge is 2.14. The standard InChI is InChI=1S/C13H17ClN2O3/c1-8(10-5-3-4-6-11(10)14)16-12(17)7-15-9(2)13(18)19/h3-6,8-9,15H,7H2,1-2H3,(H,16,17)(H,18,19)/t8?,9-/m0/s1. The molecule has 0 saturated heterocycles. The SMILES string of the molecule is CC(NC(=O)CN[C@@H](C)C(=O)O)c1ccccc1Cl. The number of halogens is 1. The van der Waals surface area contributed by atoms with E-state index in [1.165, 1.54) is 6.92 Å². The van der Waals surface area contributed by atoms with Crippen LogP contribution in [-0.4, -0.2) is 29.6 Å². The van der Waals surface area contributed by atoms with Crippen molar-refractivity contribution in [3.05, 3.63) is 34.9 Å². The minimum atomic E-state index is -0.994. The highest BCUT2D eigenvalue weighted by molar-refractivity contribution is 6.31. The maximum Gasteiger partial charge on any atom is 0.320 e. The Balaban J connectivity index is 2.49. The first-order valence-electron chi connectivity index (χ1n) is 5.91. The lowest BCUT2D eigenvalue weighted by atomic mass is 10.1. The zero-order chi connectivity index (χ0) is 14.4. The number of hydrogen-bond acceptors (Lipinski definition) is 3. The van der Waals surface area contributed by atoms with Crippen molar-refractivity contribution in [2.75, 3.05) is 6.54 Å². The lowest BCUT2D eigenvalue weighted by Gasteiger charge is -2.16. The summed E-state index contributed by atoms with van der Waals surface area (Å²) >= 11 is 6.03. The van der Waals surface area contributed by atoms with Crippen LogP contribution < -0.4 is 10.6 Å². The maximum atomic E-state index is 11.7. The molecule has 1 unspecified atom stereocenters. The highest BCUT2D eigenvalue weighted by atomic mass is 35.5. The van der Waals surface area contributed by atoms with E-state index < -0.39 is 12.0 Å². The molecule has 0 spiro atoms. The van der Waals surface area contributed by atoms with Crippen LogP contribution in [0.2, 0.25) is 5.02 Å². The molecular weight excluding hydrogens is 268 g/mol. The molecule has 1 aromatic rings. The third-order valence-electron chi connectivity index (χ3n) is 2.69. The van der Waals surface area contributed by atoms with Gasteiger partial charge < -0.3 is 10.4 Å². The molecule has 0 fully saturated rings. The molecule has 5 nitrogen and oxygen atoms in total. The second-order valence-corrected chi connectivity index (χ2v) is 4.66. The van der Waals surface area contributed by atoms with E-state index in [2.05, 4.69) is 10.6 Å². The quantitative estimate of drug-likeness (QED) is 0.741. The predicted molar refractivity (Wildman–Crippen MR) is 73.1 cm³/mol. The number of rotatable bonds is 6. The molecule has 0 heterocycles. The molecule has 104 valence electrons. The minimum absolute atomic E-state index is 0.0533. The smallest absolute Gasteiger partial charge is 0.320 e. The molecule has 0 aliphatic carbocycles. The van der Waals surface area contributed by atoms with Gasteiger partial charge >= 0.3 is 5.97 Å². The highest BCUT2D eigenvalue weighted by Crippen LogP contribution is 2.21. The third kappa shape index (κ3) is 4.89. The average molecular weight is 285 g/mol. The molecule has 3 N–H and O–H groups in total. The Labute approximate surface area is 117 Å². The number of benzene rings is 1. The monoisotopic (exact) mass is 284 g/mol. The maximum absolute atomic E-state index is 11.7. The number of carboxylic acids is 1. The summed E-state index contributed by atoms with van der Waals surface area (Å²) in [7, 11) is 0. The lowest BCUT2D eigenvalue weighted by molar-refractivity contribution is -0.139. The molecule has 6 heteroatoms. The van der Waals surface area contributed by atoms with E-state index >= 15 is 0 Å². The molecule has 0 aliphatic rings. The van der Waals surface area contributed by atoms with Gasteiger partial charge in [0.25, 0.3) is 0 Å². The van der Waals surface area contributed by atoms with Crippen molar-refractivity contribution in [2.24, 2.45) is 0 Å². The van der Waals surface area contributed by atoms with Crippen LogP contribution in [0, 0.1) is 0 Å². The molecule has 1 aromatic carbocycles.